The van der Waals surface area contributed by atoms with Crippen LogP contribution in [0, 0.1) is 11.8 Å². The van der Waals surface area contributed by atoms with Crippen LogP contribution in [0.5, 0.6) is 5.75 Å². The first kappa shape index (κ1) is 21.7. The van der Waals surface area contributed by atoms with E-state index in [1.165, 1.54) is 25.7 Å². The molecule has 1 saturated heterocycles. The summed E-state index contributed by atoms with van der Waals surface area (Å²) >= 11 is 0. The molecule has 2 aromatic rings. The molecular formula is C25H35N3O3. The second-order valence-electron chi connectivity index (χ2n) is 9.25. The van der Waals surface area contributed by atoms with Gasteiger partial charge in [-0.3, -0.25) is 9.59 Å². The molecular weight excluding hydrogens is 390 g/mol. The number of rotatable bonds is 5. The van der Waals surface area contributed by atoms with Gasteiger partial charge in [-0.25, -0.2) is 0 Å². The van der Waals surface area contributed by atoms with Crippen molar-refractivity contribution >= 4 is 22.7 Å². The van der Waals surface area contributed by atoms with Gasteiger partial charge >= 0.3 is 0 Å². The van der Waals surface area contributed by atoms with Crippen molar-refractivity contribution in [3.05, 3.63) is 30.0 Å². The second kappa shape index (κ2) is 9.75. The van der Waals surface area contributed by atoms with Crippen LogP contribution >= 0.6 is 0 Å². The van der Waals surface area contributed by atoms with Crippen molar-refractivity contribution in [3.63, 3.8) is 0 Å². The van der Waals surface area contributed by atoms with Gasteiger partial charge in [0, 0.05) is 42.0 Å². The molecule has 6 nitrogen and oxygen atoms in total. The molecule has 1 aliphatic heterocycles. The van der Waals surface area contributed by atoms with Crippen LogP contribution in [0.25, 0.3) is 10.9 Å². The number of amides is 2. The number of H-pyrrole nitrogens is 1. The number of hydrogen-bond acceptors (Lipinski definition) is 3. The van der Waals surface area contributed by atoms with Gasteiger partial charge in [0.25, 0.3) is 5.91 Å². The lowest BCUT2D eigenvalue weighted by Crippen LogP contribution is -2.44. The summed E-state index contributed by atoms with van der Waals surface area (Å²) in [5.74, 6) is 1.33. The lowest BCUT2D eigenvalue weighted by Gasteiger charge is -2.34. The molecule has 2 N–H and O–H groups in total. The Morgan fingerprint density at radius 2 is 1.77 bits per heavy atom. The van der Waals surface area contributed by atoms with Crippen LogP contribution in [0.4, 0.5) is 0 Å². The van der Waals surface area contributed by atoms with Crippen molar-refractivity contribution in [2.75, 3.05) is 20.2 Å². The van der Waals surface area contributed by atoms with E-state index in [0.717, 1.165) is 42.3 Å². The van der Waals surface area contributed by atoms with Gasteiger partial charge in [0.05, 0.1) is 7.11 Å². The fourth-order valence-electron chi connectivity index (χ4n) is 5.09. The number of benzene rings is 1. The summed E-state index contributed by atoms with van der Waals surface area (Å²) < 4.78 is 5.27. The Kier molecular flexibility index (Phi) is 6.83. The Hall–Kier alpha value is -2.50. The van der Waals surface area contributed by atoms with Crippen molar-refractivity contribution in [1.82, 2.24) is 15.2 Å². The number of aromatic nitrogens is 1. The molecule has 4 rings (SSSR count). The molecule has 1 aromatic heterocycles. The third kappa shape index (κ3) is 5.05. The van der Waals surface area contributed by atoms with Gasteiger partial charge in [-0.2, -0.15) is 0 Å². The monoisotopic (exact) mass is 425 g/mol. The summed E-state index contributed by atoms with van der Waals surface area (Å²) in [5.41, 5.74) is 1.52. The maximum Gasteiger partial charge on any atom is 0.270 e. The first-order chi connectivity index (χ1) is 15.0. The zero-order valence-corrected chi connectivity index (χ0v) is 18.8. The van der Waals surface area contributed by atoms with E-state index < -0.39 is 0 Å². The average Bonchev–Trinajstić information content (AvgIpc) is 3.06. The maximum atomic E-state index is 13.0. The van der Waals surface area contributed by atoms with E-state index in [-0.39, 0.29) is 17.7 Å². The normalized spacial score (nSPS) is 19.7. The molecule has 6 heteroatoms. The SMILES string of the molecule is COc1ccc2cc(C(=O)N3CCC([C@H](C)C(=O)NC4CCCCCC4)CC3)[nH]c2c1. The number of carbonyl (C=O) groups excluding carboxylic acids is 2. The Balaban J connectivity index is 1.31. The number of methoxy groups -OCH3 is 1. The van der Waals surface area contributed by atoms with E-state index in [9.17, 15) is 9.59 Å². The number of nitrogens with zero attached hydrogens (tertiary/aromatic N) is 1. The van der Waals surface area contributed by atoms with Crippen LogP contribution in [-0.2, 0) is 4.79 Å². The quantitative estimate of drug-likeness (QED) is 0.693. The smallest absolute Gasteiger partial charge is 0.270 e. The molecule has 2 aliphatic rings. The number of hydrogen-bond donors (Lipinski definition) is 2. The Bertz CT molecular complexity index is 906. The summed E-state index contributed by atoms with van der Waals surface area (Å²) in [4.78, 5) is 31.0. The summed E-state index contributed by atoms with van der Waals surface area (Å²) in [6.45, 7) is 3.45. The van der Waals surface area contributed by atoms with E-state index in [1.54, 1.807) is 7.11 Å². The molecule has 1 saturated carbocycles. The van der Waals surface area contributed by atoms with Crippen LogP contribution in [0.15, 0.2) is 24.3 Å². The van der Waals surface area contributed by atoms with Crippen molar-refractivity contribution in [2.45, 2.75) is 64.3 Å². The molecule has 1 atom stereocenters. The molecule has 2 amide bonds. The molecule has 168 valence electrons. The number of nitrogens with one attached hydrogen (secondary N) is 2. The first-order valence-corrected chi connectivity index (χ1v) is 11.8. The molecule has 0 spiro atoms. The van der Waals surface area contributed by atoms with Crippen molar-refractivity contribution < 1.29 is 14.3 Å². The van der Waals surface area contributed by atoms with E-state index in [4.69, 9.17) is 4.74 Å². The first-order valence-electron chi connectivity index (χ1n) is 11.8. The Morgan fingerprint density at radius 3 is 2.45 bits per heavy atom. The average molecular weight is 426 g/mol. The van der Waals surface area contributed by atoms with Gasteiger partial charge in [-0.15, -0.1) is 0 Å². The highest BCUT2D eigenvalue weighted by Gasteiger charge is 2.31. The van der Waals surface area contributed by atoms with Crippen LogP contribution in [0.3, 0.4) is 0 Å². The minimum atomic E-state index is 0.000968. The van der Waals surface area contributed by atoms with Crippen LogP contribution in [0.1, 0.15) is 68.8 Å². The zero-order chi connectivity index (χ0) is 21.8. The fraction of sp³-hybridized carbons (Fsp3) is 0.600. The Morgan fingerprint density at radius 1 is 1.06 bits per heavy atom. The van der Waals surface area contributed by atoms with Crippen LogP contribution < -0.4 is 10.1 Å². The summed E-state index contributed by atoms with van der Waals surface area (Å²) in [5, 5.41) is 4.31. The highest BCUT2D eigenvalue weighted by Crippen LogP contribution is 2.28. The lowest BCUT2D eigenvalue weighted by atomic mass is 9.84. The number of piperidine rings is 1. The molecule has 0 bridgehead atoms. The van der Waals surface area contributed by atoms with Gasteiger partial charge < -0.3 is 19.9 Å². The lowest BCUT2D eigenvalue weighted by molar-refractivity contribution is -0.127. The minimum absolute atomic E-state index is 0.000968. The number of likely N-dealkylation sites (tertiary alicyclic amines) is 1. The van der Waals surface area contributed by atoms with E-state index >= 15 is 0 Å². The summed E-state index contributed by atoms with van der Waals surface area (Å²) in [7, 11) is 1.64. The largest absolute Gasteiger partial charge is 0.497 e. The number of ether oxygens (including phenoxy) is 1. The highest BCUT2D eigenvalue weighted by atomic mass is 16.5. The second-order valence-corrected chi connectivity index (χ2v) is 9.25. The van der Waals surface area contributed by atoms with Crippen LogP contribution in [-0.4, -0.2) is 47.9 Å². The predicted octanol–water partition coefficient (Wildman–Crippen LogP) is 4.50. The fourth-order valence-corrected chi connectivity index (χ4v) is 5.09. The molecule has 2 fully saturated rings. The molecule has 0 radical (unpaired) electrons. The van der Waals surface area contributed by atoms with E-state index in [2.05, 4.69) is 17.2 Å². The van der Waals surface area contributed by atoms with Gasteiger partial charge in [-0.1, -0.05) is 32.6 Å². The standard InChI is InChI=1S/C25H35N3O3/c1-17(24(29)26-20-7-5-3-4-6-8-20)18-11-13-28(14-12-18)25(30)23-15-19-9-10-21(31-2)16-22(19)27-23/h9-10,15-18,20,27H,3-8,11-14H2,1-2H3,(H,26,29)/t17-/m0/s1. The van der Waals surface area contributed by atoms with Crippen molar-refractivity contribution in [1.29, 1.82) is 0 Å². The zero-order valence-electron chi connectivity index (χ0n) is 18.8. The number of aromatic amines is 1. The van der Waals surface area contributed by atoms with E-state index in [1.807, 2.05) is 29.2 Å². The van der Waals surface area contributed by atoms with Crippen molar-refractivity contribution in [2.24, 2.45) is 11.8 Å². The van der Waals surface area contributed by atoms with Crippen LogP contribution in [0.2, 0.25) is 0 Å². The summed E-state index contributed by atoms with van der Waals surface area (Å²) in [6.07, 6.45) is 9.00. The molecule has 2 heterocycles. The third-order valence-electron chi connectivity index (χ3n) is 7.21. The minimum Gasteiger partial charge on any atom is -0.497 e. The molecule has 31 heavy (non-hydrogen) atoms. The topological polar surface area (TPSA) is 74.4 Å². The van der Waals surface area contributed by atoms with Gasteiger partial charge in [0.1, 0.15) is 11.4 Å². The molecule has 1 aliphatic carbocycles. The molecule has 1 aromatic carbocycles. The summed E-state index contributed by atoms with van der Waals surface area (Å²) in [6, 6.07) is 8.03. The van der Waals surface area contributed by atoms with Gasteiger partial charge in [-0.05, 0) is 49.8 Å². The number of carbonyl (C=O) groups is 2. The Labute approximate surface area is 184 Å². The third-order valence-corrected chi connectivity index (χ3v) is 7.21. The maximum absolute atomic E-state index is 13.0. The van der Waals surface area contributed by atoms with E-state index in [0.29, 0.717) is 30.7 Å². The van der Waals surface area contributed by atoms with Gasteiger partial charge in [0.2, 0.25) is 5.91 Å². The highest BCUT2D eigenvalue weighted by molar-refractivity contribution is 5.98. The molecule has 0 unspecified atom stereocenters. The van der Waals surface area contributed by atoms with Gasteiger partial charge in [0.15, 0.2) is 0 Å². The van der Waals surface area contributed by atoms with Crippen molar-refractivity contribution in [3.8, 4) is 5.75 Å². The predicted molar refractivity (Wildman–Crippen MR) is 122 cm³/mol. The number of fused-ring (bicyclic) bond motifs is 1.